The lowest BCUT2D eigenvalue weighted by atomic mass is 10.0. The van der Waals surface area contributed by atoms with Gasteiger partial charge in [-0.25, -0.2) is 13.6 Å². The molecule has 1 amide bonds. The Balaban J connectivity index is 1.62. The number of hydrogen-bond donors (Lipinski definition) is 2. The van der Waals surface area contributed by atoms with E-state index in [1.54, 1.807) is 60.9 Å². The molecule has 0 saturated heterocycles. The summed E-state index contributed by atoms with van der Waals surface area (Å²) in [7, 11) is -3.87. The number of rotatable bonds is 6. The number of benzene rings is 3. The molecule has 0 aliphatic heterocycles. The SMILES string of the molecule is NS(=O)(=O)c1ccccc1-c1ccc(NC(=O)/C(=C\c2ccccc2)c2cccnc2)cc1. The maximum Gasteiger partial charge on any atom is 0.256 e. The van der Waals surface area contributed by atoms with Crippen LogP contribution < -0.4 is 10.5 Å². The molecule has 33 heavy (non-hydrogen) atoms. The third-order valence-corrected chi connectivity index (χ3v) is 5.94. The summed E-state index contributed by atoms with van der Waals surface area (Å²) in [5.41, 5.74) is 3.79. The van der Waals surface area contributed by atoms with Crippen LogP contribution in [0.1, 0.15) is 11.1 Å². The number of carbonyl (C=O) groups excluding carboxylic acids is 1. The van der Waals surface area contributed by atoms with Crippen LogP contribution in [0.25, 0.3) is 22.8 Å². The summed E-state index contributed by atoms with van der Waals surface area (Å²) < 4.78 is 23.8. The molecule has 1 heterocycles. The Bertz CT molecular complexity index is 1400. The monoisotopic (exact) mass is 455 g/mol. The van der Waals surface area contributed by atoms with Gasteiger partial charge in [-0.05, 0) is 41.5 Å². The number of pyridine rings is 1. The standard InChI is InChI=1S/C26H21N3O3S/c27-33(31,32)25-11-5-4-10-23(25)20-12-14-22(15-13-20)29-26(30)24(21-9-6-16-28-18-21)17-19-7-2-1-3-8-19/h1-18H,(H,29,30)(H2,27,31,32)/b24-17-. The number of primary sulfonamides is 1. The molecule has 0 saturated carbocycles. The highest BCUT2D eigenvalue weighted by Gasteiger charge is 2.16. The Hall–Kier alpha value is -4.07. The number of nitrogens with one attached hydrogen (secondary N) is 1. The first kappa shape index (κ1) is 22.1. The van der Waals surface area contributed by atoms with E-state index in [1.807, 2.05) is 42.5 Å². The summed E-state index contributed by atoms with van der Waals surface area (Å²) >= 11 is 0. The maximum absolute atomic E-state index is 13.2. The number of nitrogens with zero attached hydrogens (tertiary/aromatic N) is 1. The zero-order valence-corrected chi connectivity index (χ0v) is 18.4. The highest BCUT2D eigenvalue weighted by molar-refractivity contribution is 7.89. The van der Waals surface area contributed by atoms with E-state index in [-0.39, 0.29) is 10.8 Å². The van der Waals surface area contributed by atoms with Crippen molar-refractivity contribution in [2.24, 2.45) is 5.14 Å². The Kier molecular flexibility index (Phi) is 6.44. The molecule has 0 bridgehead atoms. The first-order valence-corrected chi connectivity index (χ1v) is 11.7. The van der Waals surface area contributed by atoms with Crippen molar-refractivity contribution in [3.05, 3.63) is 115 Å². The lowest BCUT2D eigenvalue weighted by molar-refractivity contribution is -0.111. The number of nitrogens with two attached hydrogens (primary N) is 1. The second-order valence-corrected chi connectivity index (χ2v) is 8.81. The van der Waals surface area contributed by atoms with Crippen LogP contribution in [0.2, 0.25) is 0 Å². The highest BCUT2D eigenvalue weighted by Crippen LogP contribution is 2.28. The van der Waals surface area contributed by atoms with Crippen molar-refractivity contribution >= 4 is 33.3 Å². The van der Waals surface area contributed by atoms with E-state index in [4.69, 9.17) is 5.14 Å². The lowest BCUT2D eigenvalue weighted by Gasteiger charge is -2.11. The van der Waals surface area contributed by atoms with Crippen LogP contribution in [0.15, 0.2) is 108 Å². The average Bonchev–Trinajstić information content (AvgIpc) is 2.83. The molecule has 4 rings (SSSR count). The number of carbonyl (C=O) groups is 1. The normalized spacial score (nSPS) is 11.7. The molecule has 3 N–H and O–H groups in total. The zero-order chi connectivity index (χ0) is 23.3. The van der Waals surface area contributed by atoms with E-state index in [1.165, 1.54) is 6.07 Å². The largest absolute Gasteiger partial charge is 0.322 e. The van der Waals surface area contributed by atoms with Gasteiger partial charge in [0.1, 0.15) is 0 Å². The van der Waals surface area contributed by atoms with E-state index in [9.17, 15) is 13.2 Å². The topological polar surface area (TPSA) is 102 Å². The van der Waals surface area contributed by atoms with E-state index >= 15 is 0 Å². The second kappa shape index (κ2) is 9.60. The number of sulfonamides is 1. The third-order valence-electron chi connectivity index (χ3n) is 4.98. The zero-order valence-electron chi connectivity index (χ0n) is 17.5. The molecule has 0 atom stereocenters. The van der Waals surface area contributed by atoms with Gasteiger partial charge < -0.3 is 5.32 Å². The van der Waals surface area contributed by atoms with Crippen LogP contribution in [0.3, 0.4) is 0 Å². The van der Waals surface area contributed by atoms with Gasteiger partial charge in [-0.1, -0.05) is 66.7 Å². The summed E-state index contributed by atoms with van der Waals surface area (Å²) in [6, 6.07) is 26.6. The van der Waals surface area contributed by atoms with Crippen LogP contribution in [0.5, 0.6) is 0 Å². The summed E-state index contributed by atoms with van der Waals surface area (Å²) in [5, 5.41) is 8.25. The van der Waals surface area contributed by atoms with Crippen molar-refractivity contribution in [3.8, 4) is 11.1 Å². The first-order chi connectivity index (χ1) is 15.9. The van der Waals surface area contributed by atoms with Gasteiger partial charge >= 0.3 is 0 Å². The van der Waals surface area contributed by atoms with Crippen molar-refractivity contribution in [2.45, 2.75) is 4.90 Å². The minimum Gasteiger partial charge on any atom is -0.322 e. The van der Waals surface area contributed by atoms with Gasteiger partial charge in [0.2, 0.25) is 10.0 Å². The second-order valence-electron chi connectivity index (χ2n) is 7.28. The van der Waals surface area contributed by atoms with E-state index < -0.39 is 10.0 Å². The molecule has 7 heteroatoms. The maximum atomic E-state index is 13.2. The fraction of sp³-hybridized carbons (Fsp3) is 0. The number of aromatic nitrogens is 1. The van der Waals surface area contributed by atoms with Gasteiger partial charge in [0.05, 0.1) is 4.90 Å². The summed E-state index contributed by atoms with van der Waals surface area (Å²) in [6.45, 7) is 0. The molecule has 0 aliphatic rings. The predicted molar refractivity (Wildman–Crippen MR) is 130 cm³/mol. The van der Waals surface area contributed by atoms with Gasteiger partial charge in [-0.2, -0.15) is 0 Å². The molecule has 0 fully saturated rings. The van der Waals surface area contributed by atoms with Crippen molar-refractivity contribution in [1.82, 2.24) is 4.98 Å². The Morgan fingerprint density at radius 2 is 1.55 bits per heavy atom. The lowest BCUT2D eigenvalue weighted by Crippen LogP contribution is -2.14. The van der Waals surface area contributed by atoms with Crippen LogP contribution in [-0.2, 0) is 14.8 Å². The van der Waals surface area contributed by atoms with Crippen molar-refractivity contribution in [1.29, 1.82) is 0 Å². The molecule has 4 aromatic rings. The van der Waals surface area contributed by atoms with Crippen LogP contribution in [0, 0.1) is 0 Å². The smallest absolute Gasteiger partial charge is 0.256 e. The highest BCUT2D eigenvalue weighted by atomic mass is 32.2. The van der Waals surface area contributed by atoms with Gasteiger partial charge in [0.25, 0.3) is 5.91 Å². The van der Waals surface area contributed by atoms with Crippen LogP contribution in [-0.4, -0.2) is 19.3 Å². The minimum absolute atomic E-state index is 0.0476. The first-order valence-electron chi connectivity index (χ1n) is 10.1. The molecule has 3 aromatic carbocycles. The Morgan fingerprint density at radius 3 is 2.21 bits per heavy atom. The summed E-state index contributed by atoms with van der Waals surface area (Å²) in [5.74, 6) is -0.287. The van der Waals surface area contributed by atoms with Crippen molar-refractivity contribution in [2.75, 3.05) is 5.32 Å². The molecular weight excluding hydrogens is 434 g/mol. The minimum atomic E-state index is -3.87. The summed E-state index contributed by atoms with van der Waals surface area (Å²) in [6.07, 6.45) is 5.10. The quantitative estimate of drug-likeness (QED) is 0.416. The van der Waals surface area contributed by atoms with Gasteiger partial charge in [0.15, 0.2) is 0 Å². The Morgan fingerprint density at radius 1 is 0.848 bits per heavy atom. The van der Waals surface area contributed by atoms with E-state index in [0.717, 1.165) is 5.56 Å². The van der Waals surface area contributed by atoms with Crippen LogP contribution in [0.4, 0.5) is 5.69 Å². The van der Waals surface area contributed by atoms with Gasteiger partial charge in [0, 0.05) is 34.8 Å². The fourth-order valence-electron chi connectivity index (χ4n) is 3.40. The van der Waals surface area contributed by atoms with E-state index in [0.29, 0.717) is 28.0 Å². The molecular formula is C26H21N3O3S. The van der Waals surface area contributed by atoms with Crippen molar-refractivity contribution in [3.63, 3.8) is 0 Å². The van der Waals surface area contributed by atoms with Crippen LogP contribution >= 0.6 is 0 Å². The Labute approximate surface area is 192 Å². The van der Waals surface area contributed by atoms with Gasteiger partial charge in [-0.15, -0.1) is 0 Å². The number of hydrogen-bond acceptors (Lipinski definition) is 4. The van der Waals surface area contributed by atoms with Crippen molar-refractivity contribution < 1.29 is 13.2 Å². The molecule has 0 unspecified atom stereocenters. The fourth-order valence-corrected chi connectivity index (χ4v) is 4.16. The number of anilines is 1. The molecule has 0 aliphatic carbocycles. The molecule has 0 radical (unpaired) electrons. The van der Waals surface area contributed by atoms with Gasteiger partial charge in [-0.3, -0.25) is 9.78 Å². The number of amides is 1. The molecule has 1 aromatic heterocycles. The summed E-state index contributed by atoms with van der Waals surface area (Å²) in [4.78, 5) is 17.3. The molecule has 164 valence electrons. The molecule has 0 spiro atoms. The third kappa shape index (κ3) is 5.41. The molecule has 6 nitrogen and oxygen atoms in total. The average molecular weight is 456 g/mol. The predicted octanol–water partition coefficient (Wildman–Crippen LogP) is 4.58. The van der Waals surface area contributed by atoms with E-state index in [2.05, 4.69) is 10.3 Å².